The third-order valence-electron chi connectivity index (χ3n) is 4.44. The summed E-state index contributed by atoms with van der Waals surface area (Å²) in [7, 11) is 0. The smallest absolute Gasteiger partial charge is 0.342 e. The third kappa shape index (κ3) is 4.63. The number of anilines is 1. The van der Waals surface area contributed by atoms with Crippen LogP contribution in [0.1, 0.15) is 44.0 Å². The van der Waals surface area contributed by atoms with Gasteiger partial charge in [0.25, 0.3) is 0 Å². The van der Waals surface area contributed by atoms with Crippen LogP contribution in [-0.2, 0) is 14.3 Å². The Morgan fingerprint density at radius 1 is 1.15 bits per heavy atom. The van der Waals surface area contributed by atoms with E-state index in [-0.39, 0.29) is 24.2 Å². The largest absolute Gasteiger partial charge is 0.454 e. The van der Waals surface area contributed by atoms with Gasteiger partial charge in [-0.1, -0.05) is 51.1 Å². The summed E-state index contributed by atoms with van der Waals surface area (Å²) in [5.41, 5.74) is 1.27. The van der Waals surface area contributed by atoms with Gasteiger partial charge < -0.3 is 10.1 Å². The molecule has 3 rings (SSSR count). The highest BCUT2D eigenvalue weighted by Gasteiger charge is 2.32. The zero-order valence-electron chi connectivity index (χ0n) is 15.7. The molecule has 1 fully saturated rings. The van der Waals surface area contributed by atoms with Gasteiger partial charge in [-0.05, 0) is 18.4 Å². The normalized spacial score (nSPS) is 13.9. The van der Waals surface area contributed by atoms with Gasteiger partial charge in [0.05, 0.1) is 0 Å². The summed E-state index contributed by atoms with van der Waals surface area (Å²) in [5.74, 6) is -0.801. The molecule has 27 heavy (non-hydrogen) atoms. The van der Waals surface area contributed by atoms with Gasteiger partial charge in [-0.15, -0.1) is 11.3 Å². The molecular weight excluding hydrogens is 362 g/mol. The highest BCUT2D eigenvalue weighted by molar-refractivity contribution is 7.15. The lowest BCUT2D eigenvalue weighted by Gasteiger charge is -2.16. The maximum atomic E-state index is 12.8. The fourth-order valence-corrected chi connectivity index (χ4v) is 3.42. The van der Waals surface area contributed by atoms with E-state index in [1.54, 1.807) is 20.8 Å². The molecule has 0 bridgehead atoms. The first-order chi connectivity index (χ1) is 12.8. The molecule has 0 atom stereocenters. The fourth-order valence-electron chi connectivity index (χ4n) is 2.46. The number of carbonyl (C=O) groups is 3. The van der Waals surface area contributed by atoms with Crippen LogP contribution in [0.2, 0.25) is 0 Å². The molecule has 1 N–H and O–H groups in total. The van der Waals surface area contributed by atoms with Crippen LogP contribution in [0.5, 0.6) is 0 Å². The number of ketones is 1. The van der Waals surface area contributed by atoms with Crippen molar-refractivity contribution in [1.29, 1.82) is 0 Å². The van der Waals surface area contributed by atoms with Gasteiger partial charge in [-0.2, -0.15) is 0 Å². The molecule has 1 aromatic carbocycles. The Morgan fingerprint density at radius 2 is 1.81 bits per heavy atom. The van der Waals surface area contributed by atoms with Gasteiger partial charge in [-0.25, -0.2) is 4.79 Å². The van der Waals surface area contributed by atoms with Crippen LogP contribution in [0.15, 0.2) is 35.7 Å². The van der Waals surface area contributed by atoms with Gasteiger partial charge >= 0.3 is 5.97 Å². The van der Waals surface area contributed by atoms with Crippen molar-refractivity contribution in [3.63, 3.8) is 0 Å². The number of hydrogen-bond donors (Lipinski definition) is 1. The minimum Gasteiger partial charge on any atom is -0.454 e. The topological polar surface area (TPSA) is 72.5 Å². The Morgan fingerprint density at radius 3 is 2.41 bits per heavy atom. The Labute approximate surface area is 162 Å². The molecule has 1 aromatic heterocycles. The molecule has 1 amide bonds. The Kier molecular flexibility index (Phi) is 5.46. The van der Waals surface area contributed by atoms with E-state index >= 15 is 0 Å². The predicted molar refractivity (Wildman–Crippen MR) is 106 cm³/mol. The molecule has 142 valence electrons. The molecule has 0 unspecified atom stereocenters. The van der Waals surface area contributed by atoms with Crippen molar-refractivity contribution in [2.75, 3.05) is 11.9 Å². The number of ether oxygens (including phenoxy) is 1. The molecule has 5 nitrogen and oxygen atoms in total. The molecular formula is C21H23NO4S. The van der Waals surface area contributed by atoms with Crippen molar-refractivity contribution >= 4 is 34.0 Å². The number of carbonyl (C=O) groups excluding carboxylic acids is 3. The number of amides is 1. The standard InChI is InChI=1S/C21H23NO4S/c1-21(2,3)16(23)11-26-20(25)17-15(13-7-5-4-6-8-13)12-27-19(17)22-18(24)14-9-10-14/h4-8,12,14H,9-11H2,1-3H3,(H,22,24). The van der Waals surface area contributed by atoms with E-state index in [2.05, 4.69) is 5.32 Å². The maximum Gasteiger partial charge on any atom is 0.342 e. The number of thiophene rings is 1. The lowest BCUT2D eigenvalue weighted by atomic mass is 9.91. The fraction of sp³-hybridized carbons (Fsp3) is 0.381. The number of benzene rings is 1. The van der Waals surface area contributed by atoms with E-state index in [9.17, 15) is 14.4 Å². The summed E-state index contributed by atoms with van der Waals surface area (Å²) in [6.45, 7) is 5.06. The Bertz CT molecular complexity index is 860. The zero-order chi connectivity index (χ0) is 19.6. The van der Waals surface area contributed by atoms with Crippen LogP contribution in [-0.4, -0.2) is 24.3 Å². The first-order valence-corrected chi connectivity index (χ1v) is 9.83. The molecule has 0 radical (unpaired) electrons. The zero-order valence-corrected chi connectivity index (χ0v) is 16.5. The van der Waals surface area contributed by atoms with E-state index in [0.717, 1.165) is 18.4 Å². The van der Waals surface area contributed by atoms with Crippen molar-refractivity contribution in [3.05, 3.63) is 41.3 Å². The van der Waals surface area contributed by atoms with E-state index < -0.39 is 11.4 Å². The summed E-state index contributed by atoms with van der Waals surface area (Å²) < 4.78 is 5.30. The SMILES string of the molecule is CC(C)(C)C(=O)COC(=O)c1c(-c2ccccc2)csc1NC(=O)C1CC1. The van der Waals surface area contributed by atoms with Crippen LogP contribution < -0.4 is 5.32 Å². The van der Waals surface area contributed by atoms with Crippen molar-refractivity contribution in [2.45, 2.75) is 33.6 Å². The first kappa shape index (κ1) is 19.3. The van der Waals surface area contributed by atoms with Crippen molar-refractivity contribution in [3.8, 4) is 11.1 Å². The van der Waals surface area contributed by atoms with Gasteiger partial charge in [0, 0.05) is 22.3 Å². The lowest BCUT2D eigenvalue weighted by molar-refractivity contribution is -0.129. The molecule has 0 aliphatic heterocycles. The van der Waals surface area contributed by atoms with Crippen LogP contribution in [0.3, 0.4) is 0 Å². The molecule has 1 saturated carbocycles. The average molecular weight is 385 g/mol. The minimum absolute atomic E-state index is 0.0265. The summed E-state index contributed by atoms with van der Waals surface area (Å²) in [6, 6.07) is 9.45. The van der Waals surface area contributed by atoms with Crippen LogP contribution in [0.25, 0.3) is 11.1 Å². The van der Waals surface area contributed by atoms with Gasteiger partial charge in [0.15, 0.2) is 12.4 Å². The Hall–Kier alpha value is -2.47. The molecule has 2 aromatic rings. The monoisotopic (exact) mass is 385 g/mol. The highest BCUT2D eigenvalue weighted by atomic mass is 32.1. The second kappa shape index (κ2) is 7.64. The minimum atomic E-state index is -0.598. The molecule has 0 saturated heterocycles. The van der Waals surface area contributed by atoms with Crippen LogP contribution >= 0.6 is 11.3 Å². The number of Topliss-reactive ketones (excluding diaryl/α,β-unsaturated/α-hetero) is 1. The van der Waals surface area contributed by atoms with Crippen molar-refractivity contribution in [1.82, 2.24) is 0 Å². The first-order valence-electron chi connectivity index (χ1n) is 8.95. The summed E-state index contributed by atoms with van der Waals surface area (Å²) in [6.07, 6.45) is 1.76. The third-order valence-corrected chi connectivity index (χ3v) is 5.33. The van der Waals surface area contributed by atoms with Crippen molar-refractivity contribution in [2.24, 2.45) is 11.3 Å². The molecule has 6 heteroatoms. The van der Waals surface area contributed by atoms with E-state index in [1.807, 2.05) is 35.7 Å². The number of nitrogens with one attached hydrogen (secondary N) is 1. The summed E-state index contributed by atoms with van der Waals surface area (Å²) in [4.78, 5) is 37.1. The van der Waals surface area contributed by atoms with Gasteiger partial charge in [0.2, 0.25) is 5.91 Å². The Balaban J connectivity index is 1.87. The number of esters is 1. The average Bonchev–Trinajstić information content (AvgIpc) is 3.40. The van der Waals surface area contributed by atoms with E-state index in [0.29, 0.717) is 16.1 Å². The van der Waals surface area contributed by atoms with Crippen molar-refractivity contribution < 1.29 is 19.1 Å². The number of hydrogen-bond acceptors (Lipinski definition) is 5. The summed E-state index contributed by atoms with van der Waals surface area (Å²) in [5, 5.41) is 5.16. The molecule has 1 aliphatic rings. The van der Waals surface area contributed by atoms with E-state index in [4.69, 9.17) is 4.74 Å². The quantitative estimate of drug-likeness (QED) is 0.741. The molecule has 1 heterocycles. The van der Waals surface area contributed by atoms with Gasteiger partial charge in [-0.3, -0.25) is 9.59 Å². The summed E-state index contributed by atoms with van der Waals surface area (Å²) >= 11 is 1.29. The molecule has 0 spiro atoms. The van der Waals surface area contributed by atoms with E-state index in [1.165, 1.54) is 11.3 Å². The maximum absolute atomic E-state index is 12.8. The second-order valence-corrected chi connectivity index (χ2v) is 8.61. The molecule has 1 aliphatic carbocycles. The lowest BCUT2D eigenvalue weighted by Crippen LogP contribution is -2.26. The van der Waals surface area contributed by atoms with Gasteiger partial charge in [0.1, 0.15) is 10.6 Å². The predicted octanol–water partition coefficient (Wildman–Crippen LogP) is 4.54. The highest BCUT2D eigenvalue weighted by Crippen LogP contribution is 2.38. The number of rotatable bonds is 6. The second-order valence-electron chi connectivity index (χ2n) is 7.73. The van der Waals surface area contributed by atoms with Crippen LogP contribution in [0, 0.1) is 11.3 Å². The van der Waals surface area contributed by atoms with Crippen LogP contribution in [0.4, 0.5) is 5.00 Å².